The van der Waals surface area contributed by atoms with E-state index in [2.05, 4.69) is 24.1 Å². The van der Waals surface area contributed by atoms with Crippen molar-refractivity contribution in [1.82, 2.24) is 4.98 Å². The van der Waals surface area contributed by atoms with Gasteiger partial charge in [0.25, 0.3) is 0 Å². The third-order valence-electron chi connectivity index (χ3n) is 2.41. The van der Waals surface area contributed by atoms with Crippen LogP contribution in [-0.2, 0) is 0 Å². The summed E-state index contributed by atoms with van der Waals surface area (Å²) in [5.41, 5.74) is 9.59. The van der Waals surface area contributed by atoms with Gasteiger partial charge in [-0.2, -0.15) is 0 Å². The zero-order valence-electron chi connectivity index (χ0n) is 7.83. The van der Waals surface area contributed by atoms with E-state index in [1.165, 1.54) is 16.7 Å². The van der Waals surface area contributed by atoms with Crippen molar-refractivity contribution in [2.24, 2.45) is 5.73 Å². The van der Waals surface area contributed by atoms with Crippen LogP contribution in [0.15, 0.2) is 24.5 Å². The highest BCUT2D eigenvalue weighted by Crippen LogP contribution is 2.26. The normalized spacial score (nSPS) is 21.7. The first kappa shape index (κ1) is 8.45. The quantitative estimate of drug-likeness (QED) is 0.706. The maximum Gasteiger partial charge on any atom is 0.0343 e. The van der Waals surface area contributed by atoms with Crippen LogP contribution in [0, 0.1) is 6.92 Å². The molecule has 0 spiro atoms. The molecule has 0 fully saturated rings. The Kier molecular flexibility index (Phi) is 2.15. The second kappa shape index (κ2) is 3.30. The zero-order valence-corrected chi connectivity index (χ0v) is 7.83. The van der Waals surface area contributed by atoms with Crippen LogP contribution in [0.4, 0.5) is 0 Å². The molecule has 0 radical (unpaired) electrons. The van der Waals surface area contributed by atoms with Crippen LogP contribution in [0.25, 0.3) is 5.57 Å². The highest BCUT2D eigenvalue weighted by atomic mass is 14.6. The summed E-state index contributed by atoms with van der Waals surface area (Å²) in [5.74, 6) is 0. The molecular formula is C11H14N2. The van der Waals surface area contributed by atoms with Crippen molar-refractivity contribution in [2.45, 2.75) is 25.8 Å². The van der Waals surface area contributed by atoms with E-state index in [1.807, 2.05) is 12.4 Å². The van der Waals surface area contributed by atoms with Crippen LogP contribution in [0.1, 0.15) is 24.0 Å². The number of allylic oxidation sites excluding steroid dienone is 1. The first-order valence-corrected chi connectivity index (χ1v) is 4.64. The van der Waals surface area contributed by atoms with E-state index in [0.717, 1.165) is 12.8 Å². The lowest BCUT2D eigenvalue weighted by Crippen LogP contribution is -2.11. The molecule has 68 valence electrons. The largest absolute Gasteiger partial charge is 0.324 e. The first-order chi connectivity index (χ1) is 6.25. The van der Waals surface area contributed by atoms with Crippen LogP contribution >= 0.6 is 0 Å². The van der Waals surface area contributed by atoms with Gasteiger partial charge in [0.15, 0.2) is 0 Å². The monoisotopic (exact) mass is 174 g/mol. The van der Waals surface area contributed by atoms with E-state index in [-0.39, 0.29) is 6.04 Å². The van der Waals surface area contributed by atoms with Crippen molar-refractivity contribution in [3.63, 3.8) is 0 Å². The van der Waals surface area contributed by atoms with Gasteiger partial charge in [-0.1, -0.05) is 6.08 Å². The molecule has 0 amide bonds. The second-order valence-corrected chi connectivity index (χ2v) is 3.65. The Hall–Kier alpha value is -1.15. The molecule has 1 heterocycles. The molecule has 0 aromatic carbocycles. The van der Waals surface area contributed by atoms with E-state index in [1.54, 1.807) is 0 Å². The lowest BCUT2D eigenvalue weighted by atomic mass is 10.1. The minimum atomic E-state index is 0.246. The summed E-state index contributed by atoms with van der Waals surface area (Å²) in [5, 5.41) is 0. The fourth-order valence-electron chi connectivity index (χ4n) is 1.72. The standard InChI is InChI=1S/C11H14N2/c1-8-4-10(7-13-6-8)9-2-3-11(12)5-9/h4-7,11H,2-3,12H2,1H3. The molecule has 1 aliphatic rings. The van der Waals surface area contributed by atoms with E-state index in [0.29, 0.717) is 0 Å². The van der Waals surface area contributed by atoms with Gasteiger partial charge in [0.2, 0.25) is 0 Å². The first-order valence-electron chi connectivity index (χ1n) is 4.64. The second-order valence-electron chi connectivity index (χ2n) is 3.65. The molecule has 13 heavy (non-hydrogen) atoms. The molecule has 1 aromatic heterocycles. The molecule has 2 heteroatoms. The Bertz CT molecular complexity index is 342. The Labute approximate surface area is 78.5 Å². The third-order valence-corrected chi connectivity index (χ3v) is 2.41. The fourth-order valence-corrected chi connectivity index (χ4v) is 1.72. The van der Waals surface area contributed by atoms with Crippen LogP contribution in [0.5, 0.6) is 0 Å². The maximum atomic E-state index is 5.80. The summed E-state index contributed by atoms with van der Waals surface area (Å²) < 4.78 is 0. The number of rotatable bonds is 1. The van der Waals surface area contributed by atoms with Crippen LogP contribution in [0.3, 0.4) is 0 Å². The highest BCUT2D eigenvalue weighted by molar-refractivity contribution is 5.67. The average Bonchev–Trinajstić information content (AvgIpc) is 2.52. The Morgan fingerprint density at radius 1 is 1.46 bits per heavy atom. The lowest BCUT2D eigenvalue weighted by Gasteiger charge is -2.01. The van der Waals surface area contributed by atoms with Gasteiger partial charge in [0, 0.05) is 18.4 Å². The zero-order chi connectivity index (χ0) is 9.26. The Morgan fingerprint density at radius 3 is 2.92 bits per heavy atom. The van der Waals surface area contributed by atoms with Gasteiger partial charge in [0.1, 0.15) is 0 Å². The number of hydrogen-bond donors (Lipinski definition) is 1. The predicted octanol–water partition coefficient (Wildman–Crippen LogP) is 1.89. The molecule has 2 nitrogen and oxygen atoms in total. The number of nitrogens with zero attached hydrogens (tertiary/aromatic N) is 1. The number of aryl methyl sites for hydroxylation is 1. The molecular weight excluding hydrogens is 160 g/mol. The predicted molar refractivity (Wildman–Crippen MR) is 54.2 cm³/mol. The van der Waals surface area contributed by atoms with Crippen molar-refractivity contribution < 1.29 is 0 Å². The van der Waals surface area contributed by atoms with Crippen molar-refractivity contribution in [3.8, 4) is 0 Å². The highest BCUT2D eigenvalue weighted by Gasteiger charge is 2.13. The average molecular weight is 174 g/mol. The molecule has 0 bridgehead atoms. The number of hydrogen-bond acceptors (Lipinski definition) is 2. The lowest BCUT2D eigenvalue weighted by molar-refractivity contribution is 0.782. The molecule has 2 N–H and O–H groups in total. The molecule has 1 atom stereocenters. The Morgan fingerprint density at radius 2 is 2.31 bits per heavy atom. The minimum Gasteiger partial charge on any atom is -0.324 e. The summed E-state index contributed by atoms with van der Waals surface area (Å²) in [6.07, 6.45) is 8.10. The van der Waals surface area contributed by atoms with Gasteiger partial charge in [0.05, 0.1) is 0 Å². The maximum absolute atomic E-state index is 5.80. The molecule has 0 aliphatic heterocycles. The van der Waals surface area contributed by atoms with E-state index < -0.39 is 0 Å². The van der Waals surface area contributed by atoms with Crippen LogP contribution in [-0.4, -0.2) is 11.0 Å². The van der Waals surface area contributed by atoms with Crippen molar-refractivity contribution in [2.75, 3.05) is 0 Å². The Balaban J connectivity index is 2.31. The smallest absolute Gasteiger partial charge is 0.0343 e. The van der Waals surface area contributed by atoms with Crippen LogP contribution in [0.2, 0.25) is 0 Å². The SMILES string of the molecule is Cc1cncc(C2=CC(N)CC2)c1. The number of aromatic nitrogens is 1. The molecule has 0 saturated heterocycles. The van der Waals surface area contributed by atoms with Gasteiger partial charge >= 0.3 is 0 Å². The molecule has 1 unspecified atom stereocenters. The van der Waals surface area contributed by atoms with E-state index >= 15 is 0 Å². The molecule has 0 saturated carbocycles. The number of nitrogens with two attached hydrogens (primary N) is 1. The van der Waals surface area contributed by atoms with Gasteiger partial charge in [-0.15, -0.1) is 0 Å². The van der Waals surface area contributed by atoms with Crippen molar-refractivity contribution in [3.05, 3.63) is 35.7 Å². The number of pyridine rings is 1. The fraction of sp³-hybridized carbons (Fsp3) is 0.364. The molecule has 2 rings (SSSR count). The minimum absolute atomic E-state index is 0.246. The van der Waals surface area contributed by atoms with Crippen molar-refractivity contribution in [1.29, 1.82) is 0 Å². The summed E-state index contributed by atoms with van der Waals surface area (Å²) >= 11 is 0. The topological polar surface area (TPSA) is 38.9 Å². The van der Waals surface area contributed by atoms with Crippen molar-refractivity contribution >= 4 is 5.57 Å². The van der Waals surface area contributed by atoms with Gasteiger partial charge in [-0.05, 0) is 42.5 Å². The molecule has 1 aliphatic carbocycles. The summed E-state index contributed by atoms with van der Waals surface area (Å²) in [4.78, 5) is 4.17. The van der Waals surface area contributed by atoms with E-state index in [9.17, 15) is 0 Å². The van der Waals surface area contributed by atoms with Gasteiger partial charge < -0.3 is 5.73 Å². The van der Waals surface area contributed by atoms with E-state index in [4.69, 9.17) is 5.73 Å². The summed E-state index contributed by atoms with van der Waals surface area (Å²) in [6.45, 7) is 2.06. The van der Waals surface area contributed by atoms with Gasteiger partial charge in [-0.3, -0.25) is 4.98 Å². The third kappa shape index (κ3) is 1.78. The molecule has 1 aromatic rings. The summed E-state index contributed by atoms with van der Waals surface area (Å²) in [7, 11) is 0. The van der Waals surface area contributed by atoms with Gasteiger partial charge in [-0.25, -0.2) is 0 Å². The van der Waals surface area contributed by atoms with Crippen LogP contribution < -0.4 is 5.73 Å². The summed E-state index contributed by atoms with van der Waals surface area (Å²) in [6, 6.07) is 2.41.